The first-order chi connectivity index (χ1) is 11.9. The lowest BCUT2D eigenvalue weighted by Gasteiger charge is -2.32. The Balaban J connectivity index is 1.71. The molecule has 1 fully saturated rings. The lowest BCUT2D eigenvalue weighted by molar-refractivity contribution is 0.170. The van der Waals surface area contributed by atoms with E-state index in [0.29, 0.717) is 36.7 Å². The maximum Gasteiger partial charge on any atom is 0.346 e. The lowest BCUT2D eigenvalue weighted by atomic mass is 10.1. The minimum Gasteiger partial charge on any atom is -0.489 e. The second-order valence-corrected chi connectivity index (χ2v) is 6.38. The standard InChI is InChI=1S/C16H18ClFN4O3/c1-20-15(23)14(19-21(2)16(20)24)22-7-5-11(6-8-22)25-13-9-10(18)3-4-12(13)17/h3-4,9,11H,5-8H2,1-2H3. The second kappa shape index (κ2) is 6.87. The Morgan fingerprint density at radius 1 is 1.24 bits per heavy atom. The maximum atomic E-state index is 13.3. The van der Waals surface area contributed by atoms with Gasteiger partial charge in [0, 0.05) is 46.1 Å². The highest BCUT2D eigenvalue weighted by Gasteiger charge is 2.25. The van der Waals surface area contributed by atoms with Gasteiger partial charge in [-0.05, 0) is 12.1 Å². The van der Waals surface area contributed by atoms with Gasteiger partial charge < -0.3 is 9.64 Å². The number of anilines is 1. The van der Waals surface area contributed by atoms with Crippen LogP contribution in [0.25, 0.3) is 0 Å². The molecule has 9 heteroatoms. The summed E-state index contributed by atoms with van der Waals surface area (Å²) >= 11 is 6.02. The van der Waals surface area contributed by atoms with Gasteiger partial charge >= 0.3 is 5.69 Å². The fourth-order valence-electron chi connectivity index (χ4n) is 2.81. The minimum absolute atomic E-state index is 0.132. The van der Waals surface area contributed by atoms with Gasteiger partial charge in [0.25, 0.3) is 5.56 Å². The highest BCUT2D eigenvalue weighted by molar-refractivity contribution is 6.32. The SMILES string of the molecule is Cn1nc(N2CCC(Oc3cc(F)ccc3Cl)CC2)c(=O)n(C)c1=O. The molecule has 1 aliphatic heterocycles. The molecule has 0 aliphatic carbocycles. The summed E-state index contributed by atoms with van der Waals surface area (Å²) in [5.74, 6) is 0.151. The number of halogens is 2. The Labute approximate surface area is 148 Å². The summed E-state index contributed by atoms with van der Waals surface area (Å²) in [6, 6.07) is 4.00. The molecule has 0 spiro atoms. The number of hydrogen-bond donors (Lipinski definition) is 0. The highest BCUT2D eigenvalue weighted by atomic mass is 35.5. The molecule has 0 bridgehead atoms. The number of aromatic nitrogens is 3. The zero-order valence-electron chi connectivity index (χ0n) is 13.9. The first-order valence-electron chi connectivity index (χ1n) is 7.88. The molecule has 134 valence electrons. The first-order valence-corrected chi connectivity index (χ1v) is 8.25. The van der Waals surface area contributed by atoms with Gasteiger partial charge in [-0.2, -0.15) is 0 Å². The van der Waals surface area contributed by atoms with Crippen LogP contribution in [0, 0.1) is 5.82 Å². The molecule has 0 unspecified atom stereocenters. The second-order valence-electron chi connectivity index (χ2n) is 5.97. The van der Waals surface area contributed by atoms with E-state index >= 15 is 0 Å². The molecule has 0 atom stereocenters. The number of aryl methyl sites for hydroxylation is 1. The van der Waals surface area contributed by atoms with E-state index in [-0.39, 0.29) is 11.9 Å². The molecule has 0 N–H and O–H groups in total. The van der Waals surface area contributed by atoms with Gasteiger partial charge in [0.1, 0.15) is 17.7 Å². The third-order valence-corrected chi connectivity index (χ3v) is 4.55. The third-order valence-electron chi connectivity index (χ3n) is 4.23. The number of rotatable bonds is 3. The molecule has 0 saturated carbocycles. The van der Waals surface area contributed by atoms with Crippen LogP contribution in [0.5, 0.6) is 5.75 Å². The van der Waals surface area contributed by atoms with E-state index < -0.39 is 17.1 Å². The first kappa shape index (κ1) is 17.5. The van der Waals surface area contributed by atoms with E-state index in [0.717, 1.165) is 9.25 Å². The van der Waals surface area contributed by atoms with Gasteiger partial charge in [0.2, 0.25) is 5.82 Å². The zero-order chi connectivity index (χ0) is 18.1. The van der Waals surface area contributed by atoms with E-state index in [9.17, 15) is 14.0 Å². The number of ether oxygens (including phenoxy) is 1. The van der Waals surface area contributed by atoms with Crippen molar-refractivity contribution in [1.82, 2.24) is 14.3 Å². The van der Waals surface area contributed by atoms with Gasteiger partial charge in [-0.25, -0.2) is 13.9 Å². The molecule has 1 aromatic carbocycles. The molecule has 1 saturated heterocycles. The Morgan fingerprint density at radius 3 is 2.60 bits per heavy atom. The molecule has 2 heterocycles. The van der Waals surface area contributed by atoms with Crippen LogP contribution in [0.3, 0.4) is 0 Å². The monoisotopic (exact) mass is 368 g/mol. The van der Waals surface area contributed by atoms with Gasteiger partial charge in [0.15, 0.2) is 0 Å². The van der Waals surface area contributed by atoms with Gasteiger partial charge in [-0.3, -0.25) is 9.36 Å². The van der Waals surface area contributed by atoms with Crippen LogP contribution in [-0.4, -0.2) is 33.5 Å². The van der Waals surface area contributed by atoms with Crippen molar-refractivity contribution in [2.75, 3.05) is 18.0 Å². The average molecular weight is 369 g/mol. The largest absolute Gasteiger partial charge is 0.489 e. The van der Waals surface area contributed by atoms with Crippen molar-refractivity contribution in [3.63, 3.8) is 0 Å². The van der Waals surface area contributed by atoms with Crippen molar-refractivity contribution in [2.45, 2.75) is 18.9 Å². The van der Waals surface area contributed by atoms with Crippen molar-refractivity contribution < 1.29 is 9.13 Å². The zero-order valence-corrected chi connectivity index (χ0v) is 14.7. The Hall–Kier alpha value is -2.35. The molecule has 3 rings (SSSR count). The summed E-state index contributed by atoms with van der Waals surface area (Å²) in [5, 5.41) is 4.44. The predicted octanol–water partition coefficient (Wildman–Crippen LogP) is 1.32. The van der Waals surface area contributed by atoms with Crippen LogP contribution in [0.1, 0.15) is 12.8 Å². The van der Waals surface area contributed by atoms with E-state index in [1.807, 2.05) is 4.90 Å². The number of nitrogens with zero attached hydrogens (tertiary/aromatic N) is 4. The Morgan fingerprint density at radius 2 is 1.92 bits per heavy atom. The topological polar surface area (TPSA) is 69.4 Å². The van der Waals surface area contributed by atoms with Crippen LogP contribution in [0.4, 0.5) is 10.2 Å². The maximum absolute atomic E-state index is 13.3. The molecule has 1 aliphatic rings. The van der Waals surface area contributed by atoms with Crippen LogP contribution in [0.2, 0.25) is 5.02 Å². The smallest absolute Gasteiger partial charge is 0.346 e. The Kier molecular flexibility index (Phi) is 4.80. The average Bonchev–Trinajstić information content (AvgIpc) is 2.60. The summed E-state index contributed by atoms with van der Waals surface area (Å²) in [6.07, 6.45) is 1.12. The van der Waals surface area contributed by atoms with Crippen molar-refractivity contribution in [2.24, 2.45) is 14.1 Å². The molecule has 7 nitrogen and oxygen atoms in total. The van der Waals surface area contributed by atoms with Crippen LogP contribution >= 0.6 is 11.6 Å². The van der Waals surface area contributed by atoms with Gasteiger partial charge in [-0.1, -0.05) is 11.6 Å². The van der Waals surface area contributed by atoms with Crippen molar-refractivity contribution >= 4 is 17.4 Å². The van der Waals surface area contributed by atoms with E-state index in [1.165, 1.54) is 32.3 Å². The van der Waals surface area contributed by atoms with Crippen LogP contribution in [0.15, 0.2) is 27.8 Å². The highest BCUT2D eigenvalue weighted by Crippen LogP contribution is 2.28. The van der Waals surface area contributed by atoms with Crippen molar-refractivity contribution in [1.29, 1.82) is 0 Å². The van der Waals surface area contributed by atoms with Gasteiger partial charge in [-0.15, -0.1) is 5.10 Å². The molecule has 0 amide bonds. The quantitative estimate of drug-likeness (QED) is 0.817. The van der Waals surface area contributed by atoms with Crippen molar-refractivity contribution in [3.05, 3.63) is 49.9 Å². The Bertz CT molecular complexity index is 903. The van der Waals surface area contributed by atoms with Gasteiger partial charge in [0.05, 0.1) is 5.02 Å². The fourth-order valence-corrected chi connectivity index (χ4v) is 2.97. The summed E-state index contributed by atoms with van der Waals surface area (Å²) in [5.41, 5.74) is -0.886. The summed E-state index contributed by atoms with van der Waals surface area (Å²) in [4.78, 5) is 25.8. The molecule has 25 heavy (non-hydrogen) atoms. The third kappa shape index (κ3) is 3.53. The normalized spacial score (nSPS) is 15.4. The summed E-state index contributed by atoms with van der Waals surface area (Å²) in [6.45, 7) is 1.08. The number of piperidine rings is 1. The van der Waals surface area contributed by atoms with Crippen LogP contribution in [-0.2, 0) is 14.1 Å². The number of hydrogen-bond acceptors (Lipinski definition) is 5. The summed E-state index contributed by atoms with van der Waals surface area (Å²) < 4.78 is 21.3. The van der Waals surface area contributed by atoms with E-state index in [2.05, 4.69) is 5.10 Å². The predicted molar refractivity (Wildman–Crippen MR) is 92.0 cm³/mol. The minimum atomic E-state index is -0.465. The fraction of sp³-hybridized carbons (Fsp3) is 0.438. The van der Waals surface area contributed by atoms with E-state index in [1.54, 1.807) is 0 Å². The summed E-state index contributed by atoms with van der Waals surface area (Å²) in [7, 11) is 2.94. The molecule has 2 aromatic rings. The lowest BCUT2D eigenvalue weighted by Crippen LogP contribution is -2.46. The molecule has 0 radical (unpaired) electrons. The van der Waals surface area contributed by atoms with Crippen LogP contribution < -0.4 is 20.9 Å². The molecular weight excluding hydrogens is 351 g/mol. The molecular formula is C16H18ClFN4O3. The van der Waals surface area contributed by atoms with Crippen molar-refractivity contribution in [3.8, 4) is 5.75 Å². The molecule has 1 aromatic heterocycles. The van der Waals surface area contributed by atoms with E-state index in [4.69, 9.17) is 16.3 Å². The number of benzene rings is 1.